The van der Waals surface area contributed by atoms with E-state index in [0.29, 0.717) is 9.99 Å². The molecule has 0 radical (unpaired) electrons. The van der Waals surface area contributed by atoms with Crippen molar-refractivity contribution in [3.05, 3.63) is 89.7 Å². The van der Waals surface area contributed by atoms with E-state index in [-0.39, 0.29) is 21.7 Å². The summed E-state index contributed by atoms with van der Waals surface area (Å²) in [6.07, 6.45) is 0. The van der Waals surface area contributed by atoms with Crippen LogP contribution in [0.15, 0.2) is 77.7 Å². The topological polar surface area (TPSA) is 113 Å². The smallest absolute Gasteiger partial charge is 0.269 e. The molecular formula is C22H16FN3O5S. The van der Waals surface area contributed by atoms with Crippen molar-refractivity contribution in [1.82, 2.24) is 4.31 Å². The summed E-state index contributed by atoms with van der Waals surface area (Å²) >= 11 is 0. The van der Waals surface area contributed by atoms with E-state index in [4.69, 9.17) is 0 Å². The molecule has 3 amide bonds. The van der Waals surface area contributed by atoms with E-state index < -0.39 is 40.1 Å². The minimum absolute atomic E-state index is 0.000578. The van der Waals surface area contributed by atoms with Crippen LogP contribution in [0.5, 0.6) is 0 Å². The minimum atomic E-state index is -4.14. The molecule has 0 aliphatic carbocycles. The molecule has 4 rings (SSSR count). The van der Waals surface area contributed by atoms with Crippen LogP contribution >= 0.6 is 0 Å². The summed E-state index contributed by atoms with van der Waals surface area (Å²) in [4.78, 5) is 37.5. The first-order valence-electron chi connectivity index (χ1n) is 9.39. The average molecular weight is 453 g/mol. The number of rotatable bonds is 5. The van der Waals surface area contributed by atoms with Crippen molar-refractivity contribution in [1.29, 1.82) is 0 Å². The van der Waals surface area contributed by atoms with Crippen LogP contribution in [0, 0.1) is 5.82 Å². The number of para-hydroxylation sites is 1. The Labute approximate surface area is 182 Å². The van der Waals surface area contributed by atoms with Crippen LogP contribution in [0.25, 0.3) is 0 Å². The fourth-order valence-corrected chi connectivity index (χ4v) is 4.75. The van der Waals surface area contributed by atoms with Crippen molar-refractivity contribution in [3.8, 4) is 0 Å². The van der Waals surface area contributed by atoms with Crippen LogP contribution < -0.4 is 10.6 Å². The van der Waals surface area contributed by atoms with Gasteiger partial charge in [0, 0.05) is 5.69 Å². The third kappa shape index (κ3) is 3.95. The van der Waals surface area contributed by atoms with Crippen molar-refractivity contribution in [2.75, 3.05) is 17.2 Å². The molecular weight excluding hydrogens is 437 g/mol. The summed E-state index contributed by atoms with van der Waals surface area (Å²) in [6, 6.07) is 16.9. The Morgan fingerprint density at radius 1 is 0.875 bits per heavy atom. The zero-order valence-corrected chi connectivity index (χ0v) is 17.2. The van der Waals surface area contributed by atoms with Gasteiger partial charge in [-0.05, 0) is 48.5 Å². The lowest BCUT2D eigenvalue weighted by Gasteiger charge is -2.16. The van der Waals surface area contributed by atoms with Gasteiger partial charge in [0.2, 0.25) is 5.91 Å². The molecule has 0 aromatic heterocycles. The van der Waals surface area contributed by atoms with Crippen molar-refractivity contribution >= 4 is 39.1 Å². The summed E-state index contributed by atoms with van der Waals surface area (Å²) in [5.41, 5.74) is 0.575. The van der Waals surface area contributed by atoms with Gasteiger partial charge in [-0.25, -0.2) is 17.1 Å². The molecule has 0 bridgehead atoms. The standard InChI is InChI=1S/C22H16FN3O5S/c23-14-9-11-15(12-10-14)24-21(28)16-5-1-3-7-18(16)25-20(27)13-26-22(29)17-6-2-4-8-19(17)32(26,30)31/h1-12H,13H2,(H,24,28)(H,25,27). The number of sulfonamides is 1. The van der Waals surface area contributed by atoms with Crippen molar-refractivity contribution in [2.45, 2.75) is 4.90 Å². The van der Waals surface area contributed by atoms with E-state index in [2.05, 4.69) is 10.6 Å². The van der Waals surface area contributed by atoms with E-state index in [0.717, 1.165) is 0 Å². The van der Waals surface area contributed by atoms with Gasteiger partial charge in [0.1, 0.15) is 17.3 Å². The number of hydrogen-bond acceptors (Lipinski definition) is 5. The second kappa shape index (κ2) is 8.23. The SMILES string of the molecule is O=C(CN1C(=O)c2ccccc2S1(=O)=O)Nc1ccccc1C(=O)Nc1ccc(F)cc1. The lowest BCUT2D eigenvalue weighted by Crippen LogP contribution is -2.37. The van der Waals surface area contributed by atoms with Gasteiger partial charge in [-0.2, -0.15) is 0 Å². The number of hydrogen-bond donors (Lipinski definition) is 2. The highest BCUT2D eigenvalue weighted by Crippen LogP contribution is 2.29. The first kappa shape index (κ1) is 21.2. The Morgan fingerprint density at radius 3 is 2.25 bits per heavy atom. The van der Waals surface area contributed by atoms with Crippen molar-refractivity contribution < 1.29 is 27.2 Å². The van der Waals surface area contributed by atoms with Crippen molar-refractivity contribution in [2.24, 2.45) is 0 Å². The third-order valence-electron chi connectivity index (χ3n) is 4.75. The highest BCUT2D eigenvalue weighted by atomic mass is 32.2. The molecule has 3 aromatic rings. The number of amides is 3. The van der Waals surface area contributed by atoms with Gasteiger partial charge < -0.3 is 10.6 Å². The summed E-state index contributed by atoms with van der Waals surface area (Å²) in [5, 5.41) is 5.07. The number of nitrogens with zero attached hydrogens (tertiary/aromatic N) is 1. The Kier molecular flexibility index (Phi) is 5.45. The monoisotopic (exact) mass is 453 g/mol. The summed E-state index contributed by atoms with van der Waals surface area (Å²) in [6.45, 7) is -0.746. The Morgan fingerprint density at radius 2 is 1.53 bits per heavy atom. The number of benzene rings is 3. The maximum Gasteiger partial charge on any atom is 0.269 e. The second-order valence-electron chi connectivity index (χ2n) is 6.87. The zero-order valence-electron chi connectivity index (χ0n) is 16.4. The number of carbonyl (C=O) groups is 3. The summed E-state index contributed by atoms with van der Waals surface area (Å²) < 4.78 is 38.8. The molecule has 3 aromatic carbocycles. The van der Waals surface area contributed by atoms with Crippen LogP contribution in [-0.4, -0.2) is 37.0 Å². The summed E-state index contributed by atoms with van der Waals surface area (Å²) in [7, 11) is -4.14. The fraction of sp³-hybridized carbons (Fsp3) is 0.0455. The number of nitrogens with one attached hydrogen (secondary N) is 2. The fourth-order valence-electron chi connectivity index (χ4n) is 3.23. The molecule has 1 heterocycles. The van der Waals surface area contributed by atoms with Gasteiger partial charge in [-0.15, -0.1) is 0 Å². The molecule has 0 unspecified atom stereocenters. The second-order valence-corrected chi connectivity index (χ2v) is 8.70. The van der Waals surface area contributed by atoms with Crippen LogP contribution in [0.4, 0.5) is 15.8 Å². The molecule has 0 atom stereocenters. The predicted octanol–water partition coefficient (Wildman–Crippen LogP) is 2.86. The maximum atomic E-state index is 13.1. The molecule has 0 saturated heterocycles. The molecule has 8 nitrogen and oxygen atoms in total. The molecule has 0 fully saturated rings. The summed E-state index contributed by atoms with van der Waals surface area (Å²) in [5.74, 6) is -2.61. The highest BCUT2D eigenvalue weighted by Gasteiger charge is 2.41. The van der Waals surface area contributed by atoms with Gasteiger partial charge in [0.25, 0.3) is 21.8 Å². The van der Waals surface area contributed by atoms with E-state index in [9.17, 15) is 27.2 Å². The minimum Gasteiger partial charge on any atom is -0.324 e. The molecule has 0 spiro atoms. The lowest BCUT2D eigenvalue weighted by molar-refractivity contribution is -0.116. The van der Waals surface area contributed by atoms with Crippen LogP contribution in [0.3, 0.4) is 0 Å². The molecule has 162 valence electrons. The number of carbonyl (C=O) groups excluding carboxylic acids is 3. The number of anilines is 2. The van der Waals surface area contributed by atoms with Gasteiger partial charge >= 0.3 is 0 Å². The highest BCUT2D eigenvalue weighted by molar-refractivity contribution is 7.90. The Balaban J connectivity index is 1.51. The third-order valence-corrected chi connectivity index (χ3v) is 6.53. The van der Waals surface area contributed by atoms with E-state index in [1.165, 1.54) is 60.7 Å². The van der Waals surface area contributed by atoms with Gasteiger partial charge in [0.15, 0.2) is 0 Å². The predicted molar refractivity (Wildman–Crippen MR) is 114 cm³/mol. The van der Waals surface area contributed by atoms with Gasteiger partial charge in [0.05, 0.1) is 16.8 Å². The first-order valence-corrected chi connectivity index (χ1v) is 10.8. The molecule has 1 aliphatic heterocycles. The normalized spacial score (nSPS) is 14.0. The van der Waals surface area contributed by atoms with Crippen molar-refractivity contribution in [3.63, 3.8) is 0 Å². The molecule has 1 aliphatic rings. The molecule has 32 heavy (non-hydrogen) atoms. The van der Waals surface area contributed by atoms with Crippen LogP contribution in [0.1, 0.15) is 20.7 Å². The number of halogens is 1. The quantitative estimate of drug-likeness (QED) is 0.617. The Bertz CT molecular complexity index is 1340. The molecule has 0 saturated carbocycles. The largest absolute Gasteiger partial charge is 0.324 e. The first-order chi connectivity index (χ1) is 15.3. The van der Waals surface area contributed by atoms with E-state index in [1.54, 1.807) is 12.1 Å². The van der Waals surface area contributed by atoms with Crippen LogP contribution in [-0.2, 0) is 14.8 Å². The maximum absolute atomic E-state index is 13.1. The molecule has 10 heteroatoms. The lowest BCUT2D eigenvalue weighted by atomic mass is 10.1. The van der Waals surface area contributed by atoms with Crippen LogP contribution in [0.2, 0.25) is 0 Å². The van der Waals surface area contributed by atoms with Gasteiger partial charge in [-0.1, -0.05) is 24.3 Å². The van der Waals surface area contributed by atoms with E-state index in [1.807, 2.05) is 0 Å². The Hall–Kier alpha value is -4.05. The zero-order chi connectivity index (χ0) is 22.9. The van der Waals surface area contributed by atoms with E-state index >= 15 is 0 Å². The average Bonchev–Trinajstić information content (AvgIpc) is 2.96. The molecule has 2 N–H and O–H groups in total. The van der Waals surface area contributed by atoms with Gasteiger partial charge in [-0.3, -0.25) is 14.4 Å². The number of fused-ring (bicyclic) bond motifs is 1.